The van der Waals surface area contributed by atoms with Gasteiger partial charge in [-0.25, -0.2) is 4.98 Å². The van der Waals surface area contributed by atoms with E-state index >= 15 is 0 Å². The van der Waals surface area contributed by atoms with Crippen LogP contribution in [0.2, 0.25) is 0 Å². The summed E-state index contributed by atoms with van der Waals surface area (Å²) in [4.78, 5) is 4.37. The molecular formula is C14H22N2O. The van der Waals surface area contributed by atoms with Gasteiger partial charge in [0.2, 0.25) is 0 Å². The van der Waals surface area contributed by atoms with Crippen LogP contribution in [0, 0.1) is 11.8 Å². The van der Waals surface area contributed by atoms with Gasteiger partial charge in [0, 0.05) is 6.04 Å². The van der Waals surface area contributed by atoms with Crippen molar-refractivity contribution in [3.8, 4) is 5.75 Å². The zero-order valence-corrected chi connectivity index (χ0v) is 10.9. The molecule has 2 rings (SSSR count). The fourth-order valence-corrected chi connectivity index (χ4v) is 2.56. The summed E-state index contributed by atoms with van der Waals surface area (Å²) in [5.74, 6) is 3.28. The number of pyridine rings is 1. The molecule has 1 aliphatic rings. The van der Waals surface area contributed by atoms with Gasteiger partial charge >= 0.3 is 0 Å². The minimum atomic E-state index is 0.555. The molecule has 17 heavy (non-hydrogen) atoms. The zero-order valence-electron chi connectivity index (χ0n) is 10.9. The summed E-state index contributed by atoms with van der Waals surface area (Å²) in [5, 5.41) is 3.55. The third kappa shape index (κ3) is 2.90. The first-order valence-electron chi connectivity index (χ1n) is 6.47. The molecule has 0 radical (unpaired) electrons. The lowest BCUT2D eigenvalue weighted by molar-refractivity contribution is 0.253. The Morgan fingerprint density at radius 2 is 2.12 bits per heavy atom. The van der Waals surface area contributed by atoms with E-state index in [0.29, 0.717) is 12.0 Å². The standard InChI is InChI=1S/C14H22N2O/c1-10-5-4-6-13(11(10)2)16-14-8-7-12(17-3)9-15-14/h7-11,13H,4-6H2,1-3H3,(H,15,16). The fourth-order valence-electron chi connectivity index (χ4n) is 2.56. The maximum absolute atomic E-state index is 5.11. The second-order valence-corrected chi connectivity index (χ2v) is 5.10. The predicted molar refractivity (Wildman–Crippen MR) is 70.4 cm³/mol. The van der Waals surface area contributed by atoms with Gasteiger partial charge in [-0.1, -0.05) is 26.7 Å². The third-order valence-electron chi connectivity index (χ3n) is 4.01. The van der Waals surface area contributed by atoms with Crippen LogP contribution in [0.5, 0.6) is 5.75 Å². The van der Waals surface area contributed by atoms with E-state index < -0.39 is 0 Å². The van der Waals surface area contributed by atoms with Crippen LogP contribution >= 0.6 is 0 Å². The summed E-state index contributed by atoms with van der Waals surface area (Å²) in [6.07, 6.45) is 5.69. The molecule has 0 aromatic carbocycles. The summed E-state index contributed by atoms with van der Waals surface area (Å²) in [5.41, 5.74) is 0. The number of hydrogen-bond acceptors (Lipinski definition) is 3. The van der Waals surface area contributed by atoms with Crippen molar-refractivity contribution in [3.05, 3.63) is 18.3 Å². The number of ether oxygens (including phenoxy) is 1. The summed E-state index contributed by atoms with van der Waals surface area (Å²) >= 11 is 0. The van der Waals surface area contributed by atoms with E-state index in [9.17, 15) is 0 Å². The smallest absolute Gasteiger partial charge is 0.137 e. The molecule has 1 aromatic heterocycles. The van der Waals surface area contributed by atoms with Crippen molar-refractivity contribution in [3.63, 3.8) is 0 Å². The van der Waals surface area contributed by atoms with E-state index in [4.69, 9.17) is 4.74 Å². The van der Waals surface area contributed by atoms with E-state index in [1.807, 2.05) is 12.1 Å². The molecule has 1 aromatic rings. The second-order valence-electron chi connectivity index (χ2n) is 5.10. The quantitative estimate of drug-likeness (QED) is 0.871. The van der Waals surface area contributed by atoms with Gasteiger partial charge in [0.15, 0.2) is 0 Å². The van der Waals surface area contributed by atoms with Crippen LogP contribution in [-0.4, -0.2) is 18.1 Å². The number of hydrogen-bond donors (Lipinski definition) is 1. The Hall–Kier alpha value is -1.25. The summed E-state index contributed by atoms with van der Waals surface area (Å²) in [6.45, 7) is 4.69. The largest absolute Gasteiger partial charge is 0.495 e. The number of anilines is 1. The highest BCUT2D eigenvalue weighted by Crippen LogP contribution is 2.31. The van der Waals surface area contributed by atoms with Gasteiger partial charge in [-0.2, -0.15) is 0 Å². The Labute approximate surface area is 104 Å². The first-order chi connectivity index (χ1) is 8.20. The van der Waals surface area contributed by atoms with Crippen molar-refractivity contribution in [2.24, 2.45) is 11.8 Å². The Bertz CT molecular complexity index is 350. The van der Waals surface area contributed by atoms with E-state index in [1.54, 1.807) is 13.3 Å². The summed E-state index contributed by atoms with van der Waals surface area (Å²) < 4.78 is 5.11. The molecule has 0 amide bonds. The molecule has 1 heterocycles. The second kappa shape index (κ2) is 5.39. The molecular weight excluding hydrogens is 212 g/mol. The predicted octanol–water partition coefficient (Wildman–Crippen LogP) is 3.33. The maximum atomic E-state index is 5.11. The molecule has 3 unspecified atom stereocenters. The minimum Gasteiger partial charge on any atom is -0.495 e. The van der Waals surface area contributed by atoms with Crippen LogP contribution in [0.15, 0.2) is 18.3 Å². The molecule has 3 nitrogen and oxygen atoms in total. The average molecular weight is 234 g/mol. The molecule has 0 saturated heterocycles. The summed E-state index contributed by atoms with van der Waals surface area (Å²) in [6, 6.07) is 4.50. The average Bonchev–Trinajstić information content (AvgIpc) is 2.36. The van der Waals surface area contributed by atoms with Gasteiger partial charge in [-0.3, -0.25) is 0 Å². The Kier molecular flexibility index (Phi) is 3.87. The SMILES string of the molecule is COc1ccc(NC2CCCC(C)C2C)nc1. The molecule has 1 saturated carbocycles. The lowest BCUT2D eigenvalue weighted by Crippen LogP contribution is -2.35. The summed E-state index contributed by atoms with van der Waals surface area (Å²) in [7, 11) is 1.66. The lowest BCUT2D eigenvalue weighted by atomic mass is 9.78. The van der Waals surface area contributed by atoms with Crippen LogP contribution in [0.25, 0.3) is 0 Å². The van der Waals surface area contributed by atoms with Gasteiger partial charge in [-0.15, -0.1) is 0 Å². The maximum Gasteiger partial charge on any atom is 0.137 e. The van der Waals surface area contributed by atoms with Crippen molar-refractivity contribution >= 4 is 5.82 Å². The lowest BCUT2D eigenvalue weighted by Gasteiger charge is -2.34. The van der Waals surface area contributed by atoms with E-state index in [2.05, 4.69) is 24.1 Å². The normalized spacial score (nSPS) is 28.8. The van der Waals surface area contributed by atoms with Crippen molar-refractivity contribution in [1.29, 1.82) is 0 Å². The first kappa shape index (κ1) is 12.2. The Morgan fingerprint density at radius 3 is 2.76 bits per heavy atom. The third-order valence-corrected chi connectivity index (χ3v) is 4.01. The van der Waals surface area contributed by atoms with Crippen molar-refractivity contribution in [1.82, 2.24) is 4.98 Å². The fraction of sp³-hybridized carbons (Fsp3) is 0.643. The highest BCUT2D eigenvalue weighted by molar-refractivity contribution is 5.38. The number of rotatable bonds is 3. The van der Waals surface area contributed by atoms with Gasteiger partial charge in [-0.05, 0) is 30.4 Å². The molecule has 3 heteroatoms. The van der Waals surface area contributed by atoms with Crippen molar-refractivity contribution in [2.75, 3.05) is 12.4 Å². The molecule has 0 bridgehead atoms. The monoisotopic (exact) mass is 234 g/mol. The van der Waals surface area contributed by atoms with Crippen LogP contribution in [0.3, 0.4) is 0 Å². The molecule has 94 valence electrons. The molecule has 3 atom stereocenters. The van der Waals surface area contributed by atoms with E-state index in [-0.39, 0.29) is 0 Å². The zero-order chi connectivity index (χ0) is 12.3. The van der Waals surface area contributed by atoms with Crippen LogP contribution in [0.4, 0.5) is 5.82 Å². The molecule has 1 N–H and O–H groups in total. The minimum absolute atomic E-state index is 0.555. The topological polar surface area (TPSA) is 34.1 Å². The van der Waals surface area contributed by atoms with Gasteiger partial charge < -0.3 is 10.1 Å². The van der Waals surface area contributed by atoms with E-state index in [0.717, 1.165) is 17.5 Å². The Morgan fingerprint density at radius 1 is 1.29 bits per heavy atom. The number of nitrogens with zero attached hydrogens (tertiary/aromatic N) is 1. The number of nitrogens with one attached hydrogen (secondary N) is 1. The molecule has 1 fully saturated rings. The van der Waals surface area contributed by atoms with E-state index in [1.165, 1.54) is 19.3 Å². The van der Waals surface area contributed by atoms with Gasteiger partial charge in [0.1, 0.15) is 11.6 Å². The highest BCUT2D eigenvalue weighted by Gasteiger charge is 2.26. The molecule has 1 aliphatic carbocycles. The number of methoxy groups -OCH3 is 1. The van der Waals surface area contributed by atoms with Crippen LogP contribution < -0.4 is 10.1 Å². The van der Waals surface area contributed by atoms with Gasteiger partial charge in [0.25, 0.3) is 0 Å². The van der Waals surface area contributed by atoms with Crippen molar-refractivity contribution < 1.29 is 4.74 Å². The molecule has 0 spiro atoms. The van der Waals surface area contributed by atoms with Crippen molar-refractivity contribution in [2.45, 2.75) is 39.2 Å². The van der Waals surface area contributed by atoms with Crippen LogP contribution in [0.1, 0.15) is 33.1 Å². The Balaban J connectivity index is 1.99. The van der Waals surface area contributed by atoms with Gasteiger partial charge in [0.05, 0.1) is 13.3 Å². The molecule has 0 aliphatic heterocycles. The number of aromatic nitrogens is 1. The van der Waals surface area contributed by atoms with Crippen LogP contribution in [-0.2, 0) is 0 Å². The highest BCUT2D eigenvalue weighted by atomic mass is 16.5. The first-order valence-corrected chi connectivity index (χ1v) is 6.47.